The highest BCUT2D eigenvalue weighted by Crippen LogP contribution is 2.31. The Kier molecular flexibility index (Phi) is 4.77. The largest absolute Gasteiger partial charge is 0.340 e. The Bertz CT molecular complexity index is 669. The van der Waals surface area contributed by atoms with E-state index in [1.807, 2.05) is 11.8 Å². The van der Waals surface area contributed by atoms with Crippen LogP contribution in [0.4, 0.5) is 0 Å². The van der Waals surface area contributed by atoms with Crippen molar-refractivity contribution in [2.24, 2.45) is 5.92 Å². The predicted octanol–water partition coefficient (Wildman–Crippen LogP) is 2.87. The van der Waals surface area contributed by atoms with Crippen molar-refractivity contribution < 1.29 is 9.59 Å². The third-order valence-electron chi connectivity index (χ3n) is 5.48. The number of ketones is 1. The molecule has 3 rings (SSSR count). The molecule has 1 aliphatic heterocycles. The average Bonchev–Trinajstić information content (AvgIpc) is 3.35. The Hall–Kier alpha value is -1.68. The first-order valence-electron chi connectivity index (χ1n) is 9.00. The second-order valence-electron chi connectivity index (χ2n) is 7.42. The van der Waals surface area contributed by atoms with E-state index in [9.17, 15) is 9.59 Å². The highest BCUT2D eigenvalue weighted by molar-refractivity contribution is 5.97. The standard InChI is InChI=1S/C20H28N2O2/c1-13-11-14(2)19(16(4)23)15(3)18(13)12-21-7-9-22(10-8-21)20(24)17-5-6-17/h11,17H,5-10,12H2,1-4H3. The fourth-order valence-corrected chi connectivity index (χ4v) is 3.95. The monoisotopic (exact) mass is 328 g/mol. The molecule has 1 saturated carbocycles. The highest BCUT2D eigenvalue weighted by atomic mass is 16.2. The fourth-order valence-electron chi connectivity index (χ4n) is 3.95. The van der Waals surface area contributed by atoms with Crippen LogP contribution in [0.25, 0.3) is 0 Å². The SMILES string of the molecule is CC(=O)c1c(C)cc(C)c(CN2CCN(C(=O)C3CC3)CC2)c1C. The molecule has 130 valence electrons. The van der Waals surface area contributed by atoms with Crippen molar-refractivity contribution in [3.63, 3.8) is 0 Å². The minimum atomic E-state index is 0.145. The summed E-state index contributed by atoms with van der Waals surface area (Å²) in [6, 6.07) is 2.13. The minimum Gasteiger partial charge on any atom is -0.340 e. The zero-order chi connectivity index (χ0) is 17.4. The normalized spacial score (nSPS) is 18.8. The minimum absolute atomic E-state index is 0.145. The number of piperazine rings is 1. The van der Waals surface area contributed by atoms with Crippen LogP contribution in [0.5, 0.6) is 0 Å². The maximum Gasteiger partial charge on any atom is 0.225 e. The van der Waals surface area contributed by atoms with Gasteiger partial charge in [-0.25, -0.2) is 0 Å². The van der Waals surface area contributed by atoms with E-state index >= 15 is 0 Å². The van der Waals surface area contributed by atoms with Gasteiger partial charge in [0.25, 0.3) is 0 Å². The number of benzene rings is 1. The summed E-state index contributed by atoms with van der Waals surface area (Å²) in [5.41, 5.74) is 5.59. The third-order valence-corrected chi connectivity index (χ3v) is 5.48. The Morgan fingerprint density at radius 3 is 2.21 bits per heavy atom. The Labute approximate surface area is 144 Å². The molecular weight excluding hydrogens is 300 g/mol. The number of amides is 1. The van der Waals surface area contributed by atoms with E-state index in [0.717, 1.165) is 62.3 Å². The van der Waals surface area contributed by atoms with Gasteiger partial charge < -0.3 is 4.90 Å². The van der Waals surface area contributed by atoms with E-state index in [1.54, 1.807) is 6.92 Å². The predicted molar refractivity (Wildman–Crippen MR) is 95.2 cm³/mol. The number of aryl methyl sites for hydroxylation is 2. The van der Waals surface area contributed by atoms with Crippen LogP contribution in [0.3, 0.4) is 0 Å². The van der Waals surface area contributed by atoms with Gasteiger partial charge >= 0.3 is 0 Å². The third kappa shape index (κ3) is 3.39. The first-order chi connectivity index (χ1) is 11.4. The molecule has 1 aromatic rings. The van der Waals surface area contributed by atoms with Crippen LogP contribution in [0.1, 0.15) is 52.4 Å². The van der Waals surface area contributed by atoms with Gasteiger partial charge in [0.15, 0.2) is 5.78 Å². The lowest BCUT2D eigenvalue weighted by atomic mass is 9.91. The van der Waals surface area contributed by atoms with E-state index in [4.69, 9.17) is 0 Å². The lowest BCUT2D eigenvalue weighted by Gasteiger charge is -2.35. The molecule has 0 unspecified atom stereocenters. The number of rotatable bonds is 4. The van der Waals surface area contributed by atoms with Gasteiger partial charge in [-0.1, -0.05) is 6.07 Å². The highest BCUT2D eigenvalue weighted by Gasteiger charge is 2.34. The molecule has 1 amide bonds. The smallest absolute Gasteiger partial charge is 0.225 e. The zero-order valence-electron chi connectivity index (χ0n) is 15.3. The van der Waals surface area contributed by atoms with Crippen LogP contribution in [0.2, 0.25) is 0 Å². The van der Waals surface area contributed by atoms with E-state index < -0.39 is 0 Å². The van der Waals surface area contributed by atoms with Crippen molar-refractivity contribution in [1.29, 1.82) is 0 Å². The lowest BCUT2D eigenvalue weighted by molar-refractivity contribution is -0.134. The number of carbonyl (C=O) groups excluding carboxylic acids is 2. The summed E-state index contributed by atoms with van der Waals surface area (Å²) in [7, 11) is 0. The van der Waals surface area contributed by atoms with Gasteiger partial charge in [0, 0.05) is 44.2 Å². The van der Waals surface area contributed by atoms with Crippen molar-refractivity contribution in [1.82, 2.24) is 9.80 Å². The summed E-state index contributed by atoms with van der Waals surface area (Å²) in [5.74, 6) is 0.818. The van der Waals surface area contributed by atoms with Crippen molar-refractivity contribution in [3.8, 4) is 0 Å². The van der Waals surface area contributed by atoms with E-state index in [2.05, 4.69) is 24.8 Å². The molecular formula is C20H28N2O2. The fraction of sp³-hybridized carbons (Fsp3) is 0.600. The maximum atomic E-state index is 12.2. The molecule has 2 aliphatic rings. The molecule has 0 bridgehead atoms. The Balaban J connectivity index is 1.69. The molecule has 0 aromatic heterocycles. The van der Waals surface area contributed by atoms with Crippen LogP contribution < -0.4 is 0 Å². The number of nitrogens with zero attached hydrogens (tertiary/aromatic N) is 2. The van der Waals surface area contributed by atoms with E-state index in [1.165, 1.54) is 11.1 Å². The van der Waals surface area contributed by atoms with Gasteiger partial charge in [0.1, 0.15) is 0 Å². The second-order valence-corrected chi connectivity index (χ2v) is 7.42. The summed E-state index contributed by atoms with van der Waals surface area (Å²) >= 11 is 0. The number of hydrogen-bond donors (Lipinski definition) is 0. The summed E-state index contributed by atoms with van der Waals surface area (Å²) in [5, 5.41) is 0. The maximum absolute atomic E-state index is 12.2. The van der Waals surface area contributed by atoms with E-state index in [0.29, 0.717) is 11.8 Å². The summed E-state index contributed by atoms with van der Waals surface area (Å²) in [6.07, 6.45) is 2.16. The summed E-state index contributed by atoms with van der Waals surface area (Å²) in [4.78, 5) is 28.6. The Morgan fingerprint density at radius 2 is 1.67 bits per heavy atom. The van der Waals surface area contributed by atoms with Gasteiger partial charge in [-0.2, -0.15) is 0 Å². The zero-order valence-corrected chi connectivity index (χ0v) is 15.3. The van der Waals surface area contributed by atoms with E-state index in [-0.39, 0.29) is 5.78 Å². The first kappa shape index (κ1) is 17.2. The molecule has 4 heteroatoms. The van der Waals surface area contributed by atoms with Crippen LogP contribution >= 0.6 is 0 Å². The number of carbonyl (C=O) groups is 2. The summed E-state index contributed by atoms with van der Waals surface area (Å²) in [6.45, 7) is 12.2. The quantitative estimate of drug-likeness (QED) is 0.798. The van der Waals surface area contributed by atoms with Gasteiger partial charge in [0.2, 0.25) is 5.91 Å². The number of Topliss-reactive ketones (excluding diaryl/α,β-unsaturated/α-hetero) is 1. The van der Waals surface area contributed by atoms with Crippen LogP contribution in [0, 0.1) is 26.7 Å². The molecule has 1 aromatic carbocycles. The molecule has 24 heavy (non-hydrogen) atoms. The van der Waals surface area contributed by atoms with Gasteiger partial charge in [-0.15, -0.1) is 0 Å². The molecule has 2 fully saturated rings. The van der Waals surface area contributed by atoms with Crippen LogP contribution in [-0.4, -0.2) is 47.7 Å². The van der Waals surface area contributed by atoms with Gasteiger partial charge in [-0.3, -0.25) is 14.5 Å². The lowest BCUT2D eigenvalue weighted by Crippen LogP contribution is -2.48. The van der Waals surface area contributed by atoms with Gasteiger partial charge in [0.05, 0.1) is 0 Å². The molecule has 1 aliphatic carbocycles. The van der Waals surface area contributed by atoms with Gasteiger partial charge in [-0.05, 0) is 62.8 Å². The van der Waals surface area contributed by atoms with Crippen molar-refractivity contribution >= 4 is 11.7 Å². The Morgan fingerprint density at radius 1 is 1.04 bits per heavy atom. The molecule has 0 atom stereocenters. The molecule has 0 radical (unpaired) electrons. The second kappa shape index (κ2) is 6.67. The van der Waals surface area contributed by atoms with Crippen LogP contribution in [0.15, 0.2) is 6.07 Å². The summed E-state index contributed by atoms with van der Waals surface area (Å²) < 4.78 is 0. The molecule has 0 N–H and O–H groups in total. The van der Waals surface area contributed by atoms with Crippen molar-refractivity contribution in [2.75, 3.05) is 26.2 Å². The topological polar surface area (TPSA) is 40.6 Å². The van der Waals surface area contributed by atoms with Crippen molar-refractivity contribution in [2.45, 2.75) is 47.1 Å². The molecule has 0 spiro atoms. The molecule has 4 nitrogen and oxygen atoms in total. The molecule has 1 saturated heterocycles. The average molecular weight is 328 g/mol. The number of hydrogen-bond acceptors (Lipinski definition) is 3. The van der Waals surface area contributed by atoms with Crippen molar-refractivity contribution in [3.05, 3.63) is 33.9 Å². The molecule has 1 heterocycles. The van der Waals surface area contributed by atoms with Crippen LogP contribution in [-0.2, 0) is 11.3 Å². The first-order valence-corrected chi connectivity index (χ1v) is 9.00.